The maximum Gasteiger partial charge on any atom is 0.285 e. The first-order chi connectivity index (χ1) is 11.1. The molecule has 3 rings (SSSR count). The van der Waals surface area contributed by atoms with Crippen LogP contribution in [0, 0.1) is 5.92 Å². The summed E-state index contributed by atoms with van der Waals surface area (Å²) in [5.74, 6) is -0.253. The molecule has 1 saturated heterocycles. The third-order valence-electron chi connectivity index (χ3n) is 4.44. The maximum atomic E-state index is 12.7. The first-order valence-corrected chi connectivity index (χ1v) is 7.76. The van der Waals surface area contributed by atoms with Gasteiger partial charge < -0.3 is 15.1 Å². The van der Waals surface area contributed by atoms with E-state index in [4.69, 9.17) is 10.2 Å². The number of nitrogens with zero attached hydrogens (tertiary/aromatic N) is 1. The molecule has 2 heterocycles. The Hall–Kier alpha value is -2.40. The fourth-order valence-electron chi connectivity index (χ4n) is 3.07. The summed E-state index contributed by atoms with van der Waals surface area (Å²) in [6.45, 7) is 1.90. The van der Waals surface area contributed by atoms with E-state index < -0.39 is 5.91 Å². The zero-order valence-corrected chi connectivity index (χ0v) is 13.1. The molecule has 0 bridgehead atoms. The van der Waals surface area contributed by atoms with E-state index in [2.05, 4.69) is 11.9 Å². The molecule has 2 N–H and O–H groups in total. The molecule has 1 amide bonds. The minimum absolute atomic E-state index is 0.0708. The van der Waals surface area contributed by atoms with Gasteiger partial charge in [0.15, 0.2) is 11.5 Å². The van der Waals surface area contributed by atoms with Crippen molar-refractivity contribution in [1.29, 1.82) is 0 Å². The lowest BCUT2D eigenvalue weighted by molar-refractivity contribution is 0.0856. The van der Waals surface area contributed by atoms with Crippen molar-refractivity contribution in [2.75, 3.05) is 20.1 Å². The van der Waals surface area contributed by atoms with Crippen molar-refractivity contribution in [3.63, 3.8) is 0 Å². The summed E-state index contributed by atoms with van der Waals surface area (Å²) in [6, 6.07) is 9.02. The number of Topliss-reactive ketones (excluding diaryl/α,β-unsaturated/α-hetero) is 1. The number of rotatable bonds is 4. The van der Waals surface area contributed by atoms with Gasteiger partial charge in [-0.05, 0) is 50.7 Å². The molecule has 0 saturated carbocycles. The van der Waals surface area contributed by atoms with Crippen LogP contribution in [0.5, 0.6) is 0 Å². The van der Waals surface area contributed by atoms with E-state index in [0.717, 1.165) is 31.5 Å². The lowest BCUT2D eigenvalue weighted by atomic mass is 9.88. The lowest BCUT2D eigenvalue weighted by Gasteiger charge is -2.28. The van der Waals surface area contributed by atoms with E-state index in [9.17, 15) is 9.59 Å². The molecule has 2 aromatic rings. The highest BCUT2D eigenvalue weighted by atomic mass is 16.3. The van der Waals surface area contributed by atoms with Crippen molar-refractivity contribution < 1.29 is 14.0 Å². The Morgan fingerprint density at radius 2 is 1.96 bits per heavy atom. The van der Waals surface area contributed by atoms with Crippen molar-refractivity contribution in [1.82, 2.24) is 4.90 Å². The van der Waals surface area contributed by atoms with Gasteiger partial charge in [0.05, 0.1) is 6.26 Å². The highest BCUT2D eigenvalue weighted by Gasteiger charge is 2.25. The number of ketones is 1. The Balaban J connectivity index is 1.86. The summed E-state index contributed by atoms with van der Waals surface area (Å²) in [7, 11) is 2.07. The van der Waals surface area contributed by atoms with E-state index in [-0.39, 0.29) is 17.5 Å². The standard InChI is InChI=1S/C18H20N2O3/c1-20-8-5-12(6-9-20)16(21)14-4-2-3-13(11-14)15-7-10-23-17(15)18(19)22/h2-4,7,10-12H,5-6,8-9H2,1H3,(H2,19,22). The molecule has 5 heteroatoms. The van der Waals surface area contributed by atoms with E-state index in [1.807, 2.05) is 24.3 Å². The van der Waals surface area contributed by atoms with Crippen molar-refractivity contribution in [3.05, 3.63) is 47.9 Å². The van der Waals surface area contributed by atoms with Gasteiger partial charge in [0.1, 0.15) is 0 Å². The van der Waals surface area contributed by atoms with Crippen LogP contribution in [0.15, 0.2) is 41.0 Å². The van der Waals surface area contributed by atoms with Crippen LogP contribution >= 0.6 is 0 Å². The van der Waals surface area contributed by atoms with E-state index in [1.54, 1.807) is 6.07 Å². The Labute approximate surface area is 135 Å². The topological polar surface area (TPSA) is 76.5 Å². The predicted octanol–water partition coefficient (Wildman–Crippen LogP) is 2.57. The minimum Gasteiger partial charge on any atom is -0.459 e. The molecule has 1 aliphatic rings. The molecule has 0 unspecified atom stereocenters. The quantitative estimate of drug-likeness (QED) is 0.880. The highest BCUT2D eigenvalue weighted by Crippen LogP contribution is 2.27. The number of likely N-dealkylation sites (tertiary alicyclic amines) is 1. The molecule has 23 heavy (non-hydrogen) atoms. The van der Waals surface area contributed by atoms with E-state index >= 15 is 0 Å². The summed E-state index contributed by atoms with van der Waals surface area (Å²) in [4.78, 5) is 26.4. The zero-order valence-electron chi connectivity index (χ0n) is 13.1. The number of furan rings is 1. The van der Waals surface area contributed by atoms with Crippen LogP contribution in [-0.2, 0) is 0 Å². The number of amides is 1. The van der Waals surface area contributed by atoms with Crippen molar-refractivity contribution in [2.45, 2.75) is 12.8 Å². The van der Waals surface area contributed by atoms with Crippen LogP contribution in [-0.4, -0.2) is 36.7 Å². The van der Waals surface area contributed by atoms with Gasteiger partial charge in [-0.3, -0.25) is 9.59 Å². The number of benzene rings is 1. The molecule has 5 nitrogen and oxygen atoms in total. The average molecular weight is 312 g/mol. The minimum atomic E-state index is -0.614. The number of primary amides is 1. The summed E-state index contributed by atoms with van der Waals surface area (Å²) in [6.07, 6.45) is 3.20. The fraction of sp³-hybridized carbons (Fsp3) is 0.333. The Morgan fingerprint density at radius 3 is 2.65 bits per heavy atom. The Bertz CT molecular complexity index is 727. The number of hydrogen-bond acceptors (Lipinski definition) is 4. The van der Waals surface area contributed by atoms with Crippen LogP contribution in [0.25, 0.3) is 11.1 Å². The first kappa shape index (κ1) is 15.5. The SMILES string of the molecule is CN1CCC(C(=O)c2cccc(-c3ccoc3C(N)=O)c2)CC1. The zero-order chi connectivity index (χ0) is 16.4. The average Bonchev–Trinajstić information content (AvgIpc) is 3.05. The largest absolute Gasteiger partial charge is 0.459 e. The van der Waals surface area contributed by atoms with E-state index in [0.29, 0.717) is 11.1 Å². The van der Waals surface area contributed by atoms with Gasteiger partial charge in [-0.15, -0.1) is 0 Å². The third kappa shape index (κ3) is 3.19. The number of carbonyl (C=O) groups excluding carboxylic acids is 2. The van der Waals surface area contributed by atoms with Crippen LogP contribution in [0.3, 0.4) is 0 Å². The van der Waals surface area contributed by atoms with Gasteiger partial charge in [0.25, 0.3) is 5.91 Å². The maximum absolute atomic E-state index is 12.7. The van der Waals surface area contributed by atoms with Gasteiger partial charge in [-0.1, -0.05) is 18.2 Å². The summed E-state index contributed by atoms with van der Waals surface area (Å²) >= 11 is 0. The molecule has 120 valence electrons. The normalized spacial score (nSPS) is 16.4. The second-order valence-electron chi connectivity index (χ2n) is 6.05. The second kappa shape index (κ2) is 6.38. The molecule has 0 spiro atoms. The summed E-state index contributed by atoms with van der Waals surface area (Å²) < 4.78 is 5.14. The van der Waals surface area contributed by atoms with Crippen LogP contribution in [0.4, 0.5) is 0 Å². The number of carbonyl (C=O) groups is 2. The first-order valence-electron chi connectivity index (χ1n) is 7.76. The number of piperidine rings is 1. The molecule has 1 aromatic carbocycles. The lowest BCUT2D eigenvalue weighted by Crippen LogP contribution is -2.33. The second-order valence-corrected chi connectivity index (χ2v) is 6.05. The molecular formula is C18H20N2O3. The Kier molecular flexibility index (Phi) is 4.30. The van der Waals surface area contributed by atoms with Crippen LogP contribution in [0.1, 0.15) is 33.8 Å². The molecular weight excluding hydrogens is 292 g/mol. The van der Waals surface area contributed by atoms with Crippen LogP contribution in [0.2, 0.25) is 0 Å². The fourth-order valence-corrected chi connectivity index (χ4v) is 3.07. The van der Waals surface area contributed by atoms with Crippen LogP contribution < -0.4 is 5.73 Å². The predicted molar refractivity (Wildman–Crippen MR) is 87.2 cm³/mol. The smallest absolute Gasteiger partial charge is 0.285 e. The molecule has 0 radical (unpaired) electrons. The monoisotopic (exact) mass is 312 g/mol. The molecule has 1 aromatic heterocycles. The van der Waals surface area contributed by atoms with Gasteiger partial charge >= 0.3 is 0 Å². The third-order valence-corrected chi connectivity index (χ3v) is 4.44. The molecule has 0 aliphatic carbocycles. The molecule has 0 atom stereocenters. The summed E-state index contributed by atoms with van der Waals surface area (Å²) in [5, 5.41) is 0. The highest BCUT2D eigenvalue weighted by molar-refractivity contribution is 6.01. The number of hydrogen-bond donors (Lipinski definition) is 1. The van der Waals surface area contributed by atoms with Crippen molar-refractivity contribution in [2.24, 2.45) is 11.7 Å². The molecule has 1 aliphatic heterocycles. The summed E-state index contributed by atoms with van der Waals surface area (Å²) in [5.41, 5.74) is 7.39. The molecule has 1 fully saturated rings. The number of nitrogens with two attached hydrogens (primary N) is 1. The van der Waals surface area contributed by atoms with Gasteiger partial charge in [0, 0.05) is 17.0 Å². The van der Waals surface area contributed by atoms with Gasteiger partial charge in [0.2, 0.25) is 0 Å². The van der Waals surface area contributed by atoms with Gasteiger partial charge in [-0.2, -0.15) is 0 Å². The van der Waals surface area contributed by atoms with Crippen molar-refractivity contribution in [3.8, 4) is 11.1 Å². The van der Waals surface area contributed by atoms with E-state index in [1.165, 1.54) is 6.26 Å². The Morgan fingerprint density at radius 1 is 1.22 bits per heavy atom. The van der Waals surface area contributed by atoms with Crippen molar-refractivity contribution >= 4 is 11.7 Å². The van der Waals surface area contributed by atoms with Gasteiger partial charge in [-0.25, -0.2) is 0 Å².